The zero-order chi connectivity index (χ0) is 13.3. The maximum absolute atomic E-state index is 11.9. The molecule has 95 valence electrons. The number of carbonyl (C=O) groups is 3. The van der Waals surface area contributed by atoms with Crippen molar-refractivity contribution in [2.75, 3.05) is 0 Å². The molecule has 2 aliphatic rings. The first-order valence-electron chi connectivity index (χ1n) is 5.59. The number of hydrogen-bond donors (Lipinski definition) is 0. The number of carbonyl (C=O) groups excluding carboxylic acids is 3. The molecule has 1 radical (unpaired) electrons. The Morgan fingerprint density at radius 2 is 2.17 bits per heavy atom. The summed E-state index contributed by atoms with van der Waals surface area (Å²) in [5.41, 5.74) is 0.416. The summed E-state index contributed by atoms with van der Waals surface area (Å²) < 4.78 is 5.01. The molecule has 6 heteroatoms. The van der Waals surface area contributed by atoms with Crippen LogP contribution >= 0.6 is 0 Å². The van der Waals surface area contributed by atoms with Gasteiger partial charge < -0.3 is 4.74 Å². The first-order chi connectivity index (χ1) is 8.49. The molecule has 0 aromatic heterocycles. The third-order valence-electron chi connectivity index (χ3n) is 2.80. The Morgan fingerprint density at radius 1 is 1.44 bits per heavy atom. The van der Waals surface area contributed by atoms with Gasteiger partial charge in [-0.15, -0.1) is 0 Å². The summed E-state index contributed by atoms with van der Waals surface area (Å²) in [4.78, 5) is 35.4. The van der Waals surface area contributed by atoms with E-state index in [1.165, 1.54) is 13.1 Å². The van der Waals surface area contributed by atoms with E-state index in [1.807, 2.05) is 0 Å². The largest absolute Gasteiger partial charge is 0.458 e. The monoisotopic (exact) mass is 249 g/mol. The Hall–Kier alpha value is -2.11. The molecule has 0 bridgehead atoms. The van der Waals surface area contributed by atoms with Crippen molar-refractivity contribution >= 4 is 17.9 Å². The Morgan fingerprint density at radius 3 is 2.83 bits per heavy atom. The third-order valence-corrected chi connectivity index (χ3v) is 2.80. The molecule has 0 fully saturated rings. The normalized spacial score (nSPS) is 27.0. The number of imide groups is 1. The number of ether oxygens (including phenoxy) is 1. The number of nitrogens with zero attached hydrogens (tertiary/aromatic N) is 2. The Bertz CT molecular complexity index is 467. The quantitative estimate of drug-likeness (QED) is 0.533. The van der Waals surface area contributed by atoms with Crippen LogP contribution in [-0.4, -0.2) is 35.0 Å². The van der Waals surface area contributed by atoms with Crippen LogP contribution in [0.2, 0.25) is 0 Å². The van der Waals surface area contributed by atoms with E-state index in [0.29, 0.717) is 12.0 Å². The van der Waals surface area contributed by atoms with Gasteiger partial charge in [0.15, 0.2) is 0 Å². The second-order valence-corrected chi connectivity index (χ2v) is 4.23. The van der Waals surface area contributed by atoms with E-state index in [0.717, 1.165) is 4.90 Å². The van der Waals surface area contributed by atoms with Gasteiger partial charge in [-0.05, 0) is 13.0 Å². The average Bonchev–Trinajstić information content (AvgIpc) is 2.71. The van der Waals surface area contributed by atoms with Crippen LogP contribution in [-0.2, 0) is 14.3 Å². The summed E-state index contributed by atoms with van der Waals surface area (Å²) in [7, 11) is 0. The second kappa shape index (κ2) is 4.64. The van der Waals surface area contributed by atoms with E-state index in [-0.39, 0.29) is 18.0 Å². The van der Waals surface area contributed by atoms with E-state index >= 15 is 0 Å². The van der Waals surface area contributed by atoms with Crippen LogP contribution in [0.15, 0.2) is 23.9 Å². The second-order valence-electron chi connectivity index (χ2n) is 4.23. The first-order valence-corrected chi connectivity index (χ1v) is 5.59. The molecule has 6 nitrogen and oxygen atoms in total. The Labute approximate surface area is 104 Å². The van der Waals surface area contributed by atoms with E-state index in [4.69, 9.17) is 4.74 Å². The Balaban J connectivity index is 2.08. The predicted molar refractivity (Wildman–Crippen MR) is 61.2 cm³/mol. The van der Waals surface area contributed by atoms with Crippen molar-refractivity contribution in [3.63, 3.8) is 0 Å². The molecule has 0 saturated carbocycles. The lowest BCUT2D eigenvalue weighted by molar-refractivity contribution is -0.144. The van der Waals surface area contributed by atoms with Crippen LogP contribution in [0.1, 0.15) is 20.3 Å². The lowest BCUT2D eigenvalue weighted by atomic mass is 10.1. The highest BCUT2D eigenvalue weighted by atomic mass is 16.5. The third kappa shape index (κ3) is 2.27. The molecular formula is C12H13N2O4. The molecule has 1 heterocycles. The van der Waals surface area contributed by atoms with Gasteiger partial charge in [0.25, 0.3) is 5.91 Å². The highest BCUT2D eigenvalue weighted by molar-refractivity contribution is 6.06. The van der Waals surface area contributed by atoms with Crippen molar-refractivity contribution in [3.05, 3.63) is 23.9 Å². The summed E-state index contributed by atoms with van der Waals surface area (Å²) in [5, 5.41) is 3.64. The number of esters is 1. The van der Waals surface area contributed by atoms with E-state index < -0.39 is 12.1 Å². The zero-order valence-electron chi connectivity index (χ0n) is 10.1. The fourth-order valence-electron chi connectivity index (χ4n) is 1.98. The van der Waals surface area contributed by atoms with Crippen LogP contribution in [0.5, 0.6) is 0 Å². The minimum absolute atomic E-state index is 0.354. The molecule has 0 spiro atoms. The van der Waals surface area contributed by atoms with E-state index in [9.17, 15) is 14.4 Å². The molecule has 1 aliphatic heterocycles. The molecule has 0 aromatic rings. The van der Waals surface area contributed by atoms with Crippen LogP contribution in [0, 0.1) is 0 Å². The van der Waals surface area contributed by atoms with Crippen molar-refractivity contribution in [1.29, 1.82) is 0 Å². The van der Waals surface area contributed by atoms with Crippen molar-refractivity contribution in [3.8, 4) is 0 Å². The molecular weight excluding hydrogens is 236 g/mol. The number of amides is 3. The van der Waals surface area contributed by atoms with Gasteiger partial charge in [-0.3, -0.25) is 14.5 Å². The molecule has 18 heavy (non-hydrogen) atoms. The molecule has 2 atom stereocenters. The minimum atomic E-state index is -0.580. The zero-order valence-corrected chi connectivity index (χ0v) is 10.1. The van der Waals surface area contributed by atoms with Crippen molar-refractivity contribution in [2.45, 2.75) is 32.4 Å². The summed E-state index contributed by atoms with van der Waals surface area (Å²) in [5.74, 6) is -0.740. The number of urea groups is 1. The highest BCUT2D eigenvalue weighted by Gasteiger charge is 2.36. The van der Waals surface area contributed by atoms with Crippen LogP contribution in [0.4, 0.5) is 4.79 Å². The fraction of sp³-hybridized carbons (Fsp3) is 0.417. The predicted octanol–water partition coefficient (Wildman–Crippen LogP) is 0.717. The van der Waals surface area contributed by atoms with Gasteiger partial charge >= 0.3 is 12.0 Å². The lowest BCUT2D eigenvalue weighted by Gasteiger charge is -2.28. The average molecular weight is 249 g/mol. The molecule has 2 rings (SSSR count). The summed E-state index contributed by atoms with van der Waals surface area (Å²) in [6.07, 6.45) is 4.64. The molecule has 0 saturated heterocycles. The van der Waals surface area contributed by atoms with Gasteiger partial charge in [0.1, 0.15) is 6.10 Å². The van der Waals surface area contributed by atoms with Crippen molar-refractivity contribution < 1.29 is 19.1 Å². The first kappa shape index (κ1) is 12.3. The summed E-state index contributed by atoms with van der Waals surface area (Å²) >= 11 is 0. The standard InChI is InChI=1S/C12H13N2O4/c1-7-6-13-12(17)14(11(7)16)9-3-4-10(5-9)18-8(2)15/h3-4,6,9-10H,5H2,1-2H3. The van der Waals surface area contributed by atoms with Crippen molar-refractivity contribution in [1.82, 2.24) is 10.2 Å². The van der Waals surface area contributed by atoms with Crippen LogP contribution in [0.3, 0.4) is 0 Å². The van der Waals surface area contributed by atoms with Gasteiger partial charge in [-0.25, -0.2) is 10.1 Å². The minimum Gasteiger partial charge on any atom is -0.458 e. The van der Waals surface area contributed by atoms with Gasteiger partial charge in [0.05, 0.1) is 6.04 Å². The molecule has 0 aromatic carbocycles. The SMILES string of the molecule is CC(=O)OC1C=CC(N2C(=O)[N]C=C(C)C2=O)C1. The smallest absolute Gasteiger partial charge is 0.351 e. The van der Waals surface area contributed by atoms with Crippen LogP contribution in [0.25, 0.3) is 0 Å². The lowest BCUT2D eigenvalue weighted by Crippen LogP contribution is -2.48. The Kier molecular flexibility index (Phi) is 3.18. The number of rotatable bonds is 2. The van der Waals surface area contributed by atoms with Gasteiger partial charge in [0, 0.05) is 25.1 Å². The number of hydrogen-bond acceptors (Lipinski definition) is 4. The molecule has 2 unspecified atom stereocenters. The highest BCUT2D eigenvalue weighted by Crippen LogP contribution is 2.23. The maximum Gasteiger partial charge on any atom is 0.351 e. The van der Waals surface area contributed by atoms with Gasteiger partial charge in [0.2, 0.25) is 0 Å². The summed E-state index contributed by atoms with van der Waals surface area (Å²) in [6, 6.07) is -0.981. The van der Waals surface area contributed by atoms with E-state index in [1.54, 1.807) is 19.1 Å². The molecule has 3 amide bonds. The fourth-order valence-corrected chi connectivity index (χ4v) is 1.98. The topological polar surface area (TPSA) is 77.8 Å². The van der Waals surface area contributed by atoms with Crippen molar-refractivity contribution in [2.24, 2.45) is 0 Å². The van der Waals surface area contributed by atoms with Crippen LogP contribution < -0.4 is 5.32 Å². The van der Waals surface area contributed by atoms with E-state index in [2.05, 4.69) is 5.32 Å². The molecule has 0 N–H and O–H groups in total. The van der Waals surface area contributed by atoms with Gasteiger partial charge in [-0.1, -0.05) is 6.08 Å². The van der Waals surface area contributed by atoms with Gasteiger partial charge in [-0.2, -0.15) is 0 Å². The maximum atomic E-state index is 11.9. The summed E-state index contributed by atoms with van der Waals surface area (Å²) in [6.45, 7) is 2.92. The molecule has 1 aliphatic carbocycles.